The molecule has 9 heteroatoms. The van der Waals surface area contributed by atoms with Crippen LogP contribution in [0.5, 0.6) is 0 Å². The number of hydrogen-bond donors (Lipinski definition) is 2. The van der Waals surface area contributed by atoms with Crippen molar-refractivity contribution < 1.29 is 14.0 Å². The van der Waals surface area contributed by atoms with Gasteiger partial charge < -0.3 is 16.0 Å². The van der Waals surface area contributed by atoms with Crippen LogP contribution in [0.25, 0.3) is 0 Å². The van der Waals surface area contributed by atoms with Crippen LogP contribution in [0.15, 0.2) is 12.4 Å². The lowest BCUT2D eigenvalue weighted by molar-refractivity contribution is -0.135. The van der Waals surface area contributed by atoms with E-state index >= 15 is 0 Å². The minimum atomic E-state index is -0.423. The van der Waals surface area contributed by atoms with Gasteiger partial charge in [-0.2, -0.15) is 0 Å². The second-order valence-electron chi connectivity index (χ2n) is 8.56. The van der Waals surface area contributed by atoms with Gasteiger partial charge in [0, 0.05) is 44.6 Å². The summed E-state index contributed by atoms with van der Waals surface area (Å²) in [6.45, 7) is 7.17. The predicted molar refractivity (Wildman–Crippen MR) is 112 cm³/mol. The van der Waals surface area contributed by atoms with Gasteiger partial charge in [0.15, 0.2) is 5.82 Å². The highest BCUT2D eigenvalue weighted by atomic mass is 19.1. The molecule has 3 rings (SSSR count). The maximum absolute atomic E-state index is 12.9. The Morgan fingerprint density at radius 2 is 1.83 bits per heavy atom. The van der Waals surface area contributed by atoms with Gasteiger partial charge in [0.2, 0.25) is 17.8 Å². The van der Waals surface area contributed by atoms with E-state index in [-0.39, 0.29) is 23.7 Å². The molecule has 166 valence electrons. The fraction of sp³-hybridized carbons (Fsp3) is 0.714. The molecule has 2 amide bonds. The highest BCUT2D eigenvalue weighted by molar-refractivity contribution is 5.87. The van der Waals surface area contributed by atoms with E-state index in [0.717, 1.165) is 58.4 Å². The molecule has 1 saturated carbocycles. The number of nitrogens with one attached hydrogen (secondary N) is 1. The molecule has 1 aliphatic carbocycles. The average molecular weight is 421 g/mol. The van der Waals surface area contributed by atoms with Crippen LogP contribution in [-0.4, -0.2) is 66.0 Å². The Labute approximate surface area is 177 Å². The molecule has 2 aliphatic rings. The summed E-state index contributed by atoms with van der Waals surface area (Å²) in [5.74, 6) is -0.394. The first-order valence-electron chi connectivity index (χ1n) is 11.0. The molecule has 0 bridgehead atoms. The van der Waals surface area contributed by atoms with Crippen molar-refractivity contribution in [3.05, 3.63) is 18.2 Å². The number of rotatable bonds is 8. The van der Waals surface area contributed by atoms with Crippen LogP contribution >= 0.6 is 0 Å². The van der Waals surface area contributed by atoms with Gasteiger partial charge in [-0.3, -0.25) is 14.5 Å². The van der Waals surface area contributed by atoms with E-state index in [9.17, 15) is 14.0 Å². The number of piperazine rings is 1. The molecule has 30 heavy (non-hydrogen) atoms. The van der Waals surface area contributed by atoms with Crippen LogP contribution in [0.4, 0.5) is 10.3 Å². The third kappa shape index (κ3) is 6.10. The van der Waals surface area contributed by atoms with E-state index in [0.29, 0.717) is 24.8 Å². The first-order valence-corrected chi connectivity index (χ1v) is 11.0. The zero-order valence-electron chi connectivity index (χ0n) is 17.7. The fourth-order valence-electron chi connectivity index (χ4n) is 4.45. The topological polar surface area (TPSA) is 104 Å². The van der Waals surface area contributed by atoms with Gasteiger partial charge in [-0.1, -0.05) is 6.92 Å². The van der Waals surface area contributed by atoms with E-state index in [2.05, 4.69) is 32.0 Å². The van der Waals surface area contributed by atoms with Gasteiger partial charge in [0.25, 0.3) is 0 Å². The van der Waals surface area contributed by atoms with Crippen LogP contribution in [0.2, 0.25) is 0 Å². The van der Waals surface area contributed by atoms with Crippen LogP contribution in [0.3, 0.4) is 0 Å². The van der Waals surface area contributed by atoms with Crippen LogP contribution in [-0.2, 0) is 9.59 Å². The second-order valence-corrected chi connectivity index (χ2v) is 8.56. The summed E-state index contributed by atoms with van der Waals surface area (Å²) in [5, 5.41) is 3.01. The zero-order valence-corrected chi connectivity index (χ0v) is 17.7. The molecule has 0 radical (unpaired) electrons. The maximum atomic E-state index is 12.9. The van der Waals surface area contributed by atoms with Crippen molar-refractivity contribution in [2.75, 3.05) is 44.2 Å². The molecule has 1 saturated heterocycles. The minimum Gasteiger partial charge on any atom is -0.369 e. The first kappa shape index (κ1) is 22.4. The second kappa shape index (κ2) is 10.7. The van der Waals surface area contributed by atoms with Crippen molar-refractivity contribution in [3.63, 3.8) is 0 Å². The van der Waals surface area contributed by atoms with Gasteiger partial charge in [0.05, 0.1) is 12.4 Å². The summed E-state index contributed by atoms with van der Waals surface area (Å²) in [5.41, 5.74) is 5.50. The van der Waals surface area contributed by atoms with Gasteiger partial charge in [-0.15, -0.1) is 0 Å². The van der Waals surface area contributed by atoms with Crippen molar-refractivity contribution in [2.24, 2.45) is 23.5 Å². The molecular weight excluding hydrogens is 387 g/mol. The van der Waals surface area contributed by atoms with E-state index in [1.54, 1.807) is 0 Å². The lowest BCUT2D eigenvalue weighted by atomic mass is 9.74. The zero-order chi connectivity index (χ0) is 21.5. The number of nitrogens with two attached hydrogens (primary N) is 1. The molecule has 1 aliphatic heterocycles. The molecule has 2 heterocycles. The number of carbonyl (C=O) groups is 2. The number of primary amides is 1. The average Bonchev–Trinajstić information content (AvgIpc) is 2.74. The van der Waals surface area contributed by atoms with Crippen molar-refractivity contribution in [1.82, 2.24) is 20.2 Å². The van der Waals surface area contributed by atoms with Crippen LogP contribution in [0, 0.1) is 23.6 Å². The van der Waals surface area contributed by atoms with Gasteiger partial charge in [-0.05, 0) is 44.6 Å². The summed E-state index contributed by atoms with van der Waals surface area (Å²) in [7, 11) is 0. The molecule has 0 aromatic carbocycles. The number of hydrogen-bond acceptors (Lipinski definition) is 6. The smallest absolute Gasteiger partial charge is 0.225 e. The van der Waals surface area contributed by atoms with Gasteiger partial charge in [0.1, 0.15) is 0 Å². The summed E-state index contributed by atoms with van der Waals surface area (Å²) < 4.78 is 12.9. The van der Waals surface area contributed by atoms with E-state index < -0.39 is 5.82 Å². The molecule has 1 aromatic heterocycles. The normalized spacial score (nSPS) is 25.1. The summed E-state index contributed by atoms with van der Waals surface area (Å²) >= 11 is 0. The van der Waals surface area contributed by atoms with E-state index in [4.69, 9.17) is 5.73 Å². The standard InChI is InChI=1S/C21H33FN6O2/c1-15-4-5-17(19(23)29)18(12-15)20(30)24-6-2-3-7-27-8-10-28(11-9-27)21-25-13-16(22)14-26-21/h13-15,17-18H,2-12H2,1H3,(H2,23,29)(H,24,30). The highest BCUT2D eigenvalue weighted by Gasteiger charge is 2.36. The Morgan fingerprint density at radius 1 is 1.13 bits per heavy atom. The highest BCUT2D eigenvalue weighted by Crippen LogP contribution is 2.33. The Bertz CT molecular complexity index is 708. The fourth-order valence-corrected chi connectivity index (χ4v) is 4.45. The lowest BCUT2D eigenvalue weighted by Gasteiger charge is -2.34. The third-order valence-electron chi connectivity index (χ3n) is 6.28. The first-order chi connectivity index (χ1) is 14.4. The number of carbonyl (C=O) groups excluding carboxylic acids is 2. The Balaban J connectivity index is 1.31. The maximum Gasteiger partial charge on any atom is 0.225 e. The number of nitrogens with zero attached hydrogens (tertiary/aromatic N) is 4. The Morgan fingerprint density at radius 3 is 2.50 bits per heavy atom. The van der Waals surface area contributed by atoms with Crippen molar-refractivity contribution in [3.8, 4) is 0 Å². The number of amides is 2. The summed E-state index contributed by atoms with van der Waals surface area (Å²) in [6.07, 6.45) is 6.69. The number of aromatic nitrogens is 2. The van der Waals surface area contributed by atoms with Crippen LogP contribution < -0.4 is 16.0 Å². The minimum absolute atomic E-state index is 0.0294. The monoisotopic (exact) mass is 420 g/mol. The van der Waals surface area contributed by atoms with E-state index in [1.165, 1.54) is 12.4 Å². The lowest BCUT2D eigenvalue weighted by Crippen LogP contribution is -2.47. The molecule has 2 fully saturated rings. The predicted octanol–water partition coefficient (Wildman–Crippen LogP) is 1.17. The van der Waals surface area contributed by atoms with E-state index in [1.807, 2.05) is 0 Å². The SMILES string of the molecule is CC1CCC(C(N)=O)C(C(=O)NCCCCN2CCN(c3ncc(F)cn3)CC2)C1. The van der Waals surface area contributed by atoms with Crippen molar-refractivity contribution >= 4 is 17.8 Å². The summed E-state index contributed by atoms with van der Waals surface area (Å²) in [6, 6.07) is 0. The molecule has 8 nitrogen and oxygen atoms in total. The quantitative estimate of drug-likeness (QED) is 0.612. The summed E-state index contributed by atoms with van der Waals surface area (Å²) in [4.78, 5) is 36.7. The largest absolute Gasteiger partial charge is 0.369 e. The molecule has 3 atom stereocenters. The molecule has 1 aromatic rings. The molecule has 0 spiro atoms. The molecule has 3 N–H and O–H groups in total. The molecular formula is C21H33FN6O2. The van der Waals surface area contributed by atoms with Gasteiger partial charge in [-0.25, -0.2) is 14.4 Å². The van der Waals surface area contributed by atoms with Gasteiger partial charge >= 0.3 is 0 Å². The number of unbranched alkanes of at least 4 members (excludes halogenated alkanes) is 1. The number of halogens is 1. The third-order valence-corrected chi connectivity index (χ3v) is 6.28. The van der Waals surface area contributed by atoms with Crippen LogP contribution in [0.1, 0.15) is 39.0 Å². The van der Waals surface area contributed by atoms with Crippen molar-refractivity contribution in [1.29, 1.82) is 0 Å². The molecule has 3 unspecified atom stereocenters. The van der Waals surface area contributed by atoms with Crippen molar-refractivity contribution in [2.45, 2.75) is 39.0 Å². The Kier molecular flexibility index (Phi) is 7.95. The Hall–Kier alpha value is -2.29. The number of anilines is 1.